The second kappa shape index (κ2) is 8.15. The molecule has 0 aliphatic heterocycles. The first kappa shape index (κ1) is 16.0. The largest absolute Gasteiger partial charge is 0.354 e. The van der Waals surface area contributed by atoms with Gasteiger partial charge in [-0.2, -0.15) is 0 Å². The molecule has 0 aliphatic rings. The molecule has 0 saturated heterocycles. The predicted octanol–water partition coefficient (Wildman–Crippen LogP) is 1.90. The molecule has 108 valence electrons. The Hall–Kier alpha value is -2.10. The first-order valence-corrected chi connectivity index (χ1v) is 6.79. The predicted molar refractivity (Wildman–Crippen MR) is 81.1 cm³/mol. The van der Waals surface area contributed by atoms with Crippen molar-refractivity contribution in [3.8, 4) is 0 Å². The lowest BCUT2D eigenvalue weighted by molar-refractivity contribution is -0.124. The minimum atomic E-state index is -0.162. The van der Waals surface area contributed by atoms with Gasteiger partial charge in [0.1, 0.15) is 0 Å². The number of hydrogen-bond donors (Lipinski definition) is 2. The molecular weight excluding hydrogens is 252 g/mol. The molecule has 1 aromatic carbocycles. The number of rotatable bonds is 6. The number of aryl methyl sites for hydroxylation is 1. The van der Waals surface area contributed by atoms with E-state index in [-0.39, 0.29) is 17.7 Å². The molecule has 4 nitrogen and oxygen atoms in total. The van der Waals surface area contributed by atoms with Crippen LogP contribution in [0.3, 0.4) is 0 Å². The monoisotopic (exact) mass is 274 g/mol. The molecule has 1 aromatic rings. The molecule has 0 aliphatic carbocycles. The highest BCUT2D eigenvalue weighted by Gasteiger charge is 2.04. The lowest BCUT2D eigenvalue weighted by Crippen LogP contribution is -2.35. The van der Waals surface area contributed by atoms with Gasteiger partial charge >= 0.3 is 0 Å². The summed E-state index contributed by atoms with van der Waals surface area (Å²) in [6.45, 7) is 6.54. The van der Waals surface area contributed by atoms with Crippen molar-refractivity contribution in [3.05, 3.63) is 41.5 Å². The smallest absolute Gasteiger partial charge is 0.244 e. The van der Waals surface area contributed by atoms with Crippen molar-refractivity contribution in [2.75, 3.05) is 13.1 Å². The zero-order valence-electron chi connectivity index (χ0n) is 12.3. The van der Waals surface area contributed by atoms with Crippen LogP contribution in [0, 0.1) is 12.8 Å². The van der Waals surface area contributed by atoms with E-state index in [1.165, 1.54) is 6.08 Å². The summed E-state index contributed by atoms with van der Waals surface area (Å²) in [4.78, 5) is 22.9. The molecule has 0 saturated carbocycles. The van der Waals surface area contributed by atoms with Crippen LogP contribution in [0.25, 0.3) is 6.08 Å². The topological polar surface area (TPSA) is 58.2 Å². The van der Waals surface area contributed by atoms with Crippen molar-refractivity contribution < 1.29 is 9.59 Å². The Labute approximate surface area is 120 Å². The fourth-order valence-electron chi connectivity index (χ4n) is 1.58. The molecule has 4 heteroatoms. The van der Waals surface area contributed by atoms with Gasteiger partial charge in [0.2, 0.25) is 11.8 Å². The van der Waals surface area contributed by atoms with Crippen LogP contribution in [-0.2, 0) is 9.59 Å². The van der Waals surface area contributed by atoms with Gasteiger partial charge in [-0.25, -0.2) is 0 Å². The average molecular weight is 274 g/mol. The third kappa shape index (κ3) is 6.18. The van der Waals surface area contributed by atoms with Crippen LogP contribution in [0.15, 0.2) is 30.3 Å². The molecule has 0 bridgehead atoms. The van der Waals surface area contributed by atoms with Crippen molar-refractivity contribution in [2.45, 2.75) is 20.8 Å². The third-order valence-corrected chi connectivity index (χ3v) is 2.72. The third-order valence-electron chi connectivity index (χ3n) is 2.72. The van der Waals surface area contributed by atoms with Gasteiger partial charge in [-0.3, -0.25) is 9.59 Å². The molecule has 0 unspecified atom stereocenters. The lowest BCUT2D eigenvalue weighted by atomic mass is 10.1. The fourth-order valence-corrected chi connectivity index (χ4v) is 1.58. The normalized spacial score (nSPS) is 10.8. The highest BCUT2D eigenvalue weighted by molar-refractivity contribution is 5.91. The Morgan fingerprint density at radius 3 is 2.55 bits per heavy atom. The standard InChI is InChI=1S/C16H22N2O2/c1-12(2)16(20)18-10-9-17-15(19)8-7-14-6-4-5-13(3)11-14/h4-8,11-12H,9-10H2,1-3H3,(H,17,19)(H,18,20)/b8-7+. The maximum Gasteiger partial charge on any atom is 0.244 e. The van der Waals surface area contributed by atoms with Gasteiger partial charge in [-0.1, -0.05) is 43.7 Å². The summed E-state index contributed by atoms with van der Waals surface area (Å²) >= 11 is 0. The Morgan fingerprint density at radius 1 is 1.20 bits per heavy atom. The van der Waals surface area contributed by atoms with Crippen LogP contribution in [-0.4, -0.2) is 24.9 Å². The lowest BCUT2D eigenvalue weighted by Gasteiger charge is -2.07. The summed E-state index contributed by atoms with van der Waals surface area (Å²) in [6, 6.07) is 7.91. The molecule has 0 radical (unpaired) electrons. The molecule has 1 rings (SSSR count). The van der Waals surface area contributed by atoms with E-state index in [9.17, 15) is 9.59 Å². The summed E-state index contributed by atoms with van der Waals surface area (Å²) in [7, 11) is 0. The van der Waals surface area contributed by atoms with Crippen LogP contribution in [0.4, 0.5) is 0 Å². The van der Waals surface area contributed by atoms with E-state index in [1.807, 2.05) is 45.0 Å². The minimum absolute atomic E-state index is 0.00504. The van der Waals surface area contributed by atoms with Crippen LogP contribution in [0.5, 0.6) is 0 Å². The number of benzene rings is 1. The van der Waals surface area contributed by atoms with Crippen molar-refractivity contribution in [2.24, 2.45) is 5.92 Å². The molecule has 0 spiro atoms. The molecule has 0 heterocycles. The van der Waals surface area contributed by atoms with Crippen LogP contribution < -0.4 is 10.6 Å². The molecule has 2 amide bonds. The first-order chi connectivity index (χ1) is 9.49. The first-order valence-electron chi connectivity index (χ1n) is 6.79. The van der Waals surface area contributed by atoms with Gasteiger partial charge < -0.3 is 10.6 Å². The van der Waals surface area contributed by atoms with Gasteiger partial charge in [-0.05, 0) is 18.6 Å². The van der Waals surface area contributed by atoms with E-state index < -0.39 is 0 Å². The zero-order chi connectivity index (χ0) is 15.0. The van der Waals surface area contributed by atoms with Gasteiger partial charge in [0.15, 0.2) is 0 Å². The van der Waals surface area contributed by atoms with E-state index in [1.54, 1.807) is 6.08 Å². The molecular formula is C16H22N2O2. The second-order valence-electron chi connectivity index (χ2n) is 4.98. The van der Waals surface area contributed by atoms with E-state index in [4.69, 9.17) is 0 Å². The molecule has 20 heavy (non-hydrogen) atoms. The van der Waals surface area contributed by atoms with E-state index in [2.05, 4.69) is 10.6 Å². The number of hydrogen-bond acceptors (Lipinski definition) is 2. The van der Waals surface area contributed by atoms with Crippen LogP contribution >= 0.6 is 0 Å². The highest BCUT2D eigenvalue weighted by Crippen LogP contribution is 2.05. The maximum absolute atomic E-state index is 11.6. The Balaban J connectivity index is 2.28. The SMILES string of the molecule is Cc1cccc(/C=C/C(=O)NCCNC(=O)C(C)C)c1. The van der Waals surface area contributed by atoms with Gasteiger partial charge in [0.25, 0.3) is 0 Å². The quantitative estimate of drug-likeness (QED) is 0.615. The molecule has 0 atom stereocenters. The van der Waals surface area contributed by atoms with Gasteiger partial charge in [0, 0.05) is 25.1 Å². The van der Waals surface area contributed by atoms with E-state index in [0.717, 1.165) is 11.1 Å². The maximum atomic E-state index is 11.6. The second-order valence-corrected chi connectivity index (χ2v) is 4.98. The summed E-state index contributed by atoms with van der Waals surface area (Å²) in [5, 5.41) is 5.46. The van der Waals surface area contributed by atoms with Gasteiger partial charge in [-0.15, -0.1) is 0 Å². The van der Waals surface area contributed by atoms with Crippen LogP contribution in [0.2, 0.25) is 0 Å². The number of amides is 2. The Kier molecular flexibility index (Phi) is 6.50. The zero-order valence-corrected chi connectivity index (χ0v) is 12.3. The summed E-state index contributed by atoms with van der Waals surface area (Å²) < 4.78 is 0. The fraction of sp³-hybridized carbons (Fsp3) is 0.375. The van der Waals surface area contributed by atoms with Crippen molar-refractivity contribution >= 4 is 17.9 Å². The van der Waals surface area contributed by atoms with Crippen molar-refractivity contribution in [1.29, 1.82) is 0 Å². The Bertz CT molecular complexity index is 493. The summed E-state index contributed by atoms with van der Waals surface area (Å²) in [5.41, 5.74) is 2.15. The number of carbonyl (C=O) groups is 2. The van der Waals surface area contributed by atoms with Crippen molar-refractivity contribution in [1.82, 2.24) is 10.6 Å². The summed E-state index contributed by atoms with van der Waals surface area (Å²) in [6.07, 6.45) is 3.27. The summed E-state index contributed by atoms with van der Waals surface area (Å²) in [5.74, 6) is -0.202. The molecule has 0 aromatic heterocycles. The van der Waals surface area contributed by atoms with E-state index in [0.29, 0.717) is 13.1 Å². The number of carbonyl (C=O) groups excluding carboxylic acids is 2. The van der Waals surface area contributed by atoms with Crippen LogP contribution in [0.1, 0.15) is 25.0 Å². The average Bonchev–Trinajstić information content (AvgIpc) is 2.41. The Morgan fingerprint density at radius 2 is 1.90 bits per heavy atom. The molecule has 2 N–H and O–H groups in total. The van der Waals surface area contributed by atoms with Gasteiger partial charge in [0.05, 0.1) is 0 Å². The van der Waals surface area contributed by atoms with E-state index >= 15 is 0 Å². The minimum Gasteiger partial charge on any atom is -0.354 e. The molecule has 0 fully saturated rings. The van der Waals surface area contributed by atoms with Crippen molar-refractivity contribution in [3.63, 3.8) is 0 Å². The number of nitrogens with one attached hydrogen (secondary N) is 2. The highest BCUT2D eigenvalue weighted by atomic mass is 16.2.